The van der Waals surface area contributed by atoms with Crippen LogP contribution in [0.3, 0.4) is 0 Å². The number of amides is 2. The highest BCUT2D eigenvalue weighted by Gasteiger charge is 2.33. The van der Waals surface area contributed by atoms with Crippen molar-refractivity contribution >= 4 is 23.6 Å². The summed E-state index contributed by atoms with van der Waals surface area (Å²) in [5, 5.41) is 23.1. The smallest absolute Gasteiger partial charge is 0.433 e. The first-order valence-corrected chi connectivity index (χ1v) is 12.6. The van der Waals surface area contributed by atoms with Crippen LogP contribution in [-0.4, -0.2) is 58.9 Å². The van der Waals surface area contributed by atoms with Crippen molar-refractivity contribution in [1.82, 2.24) is 10.2 Å². The van der Waals surface area contributed by atoms with E-state index in [2.05, 4.69) is 10.3 Å². The lowest BCUT2D eigenvalue weighted by Gasteiger charge is -2.28. The quantitative estimate of drug-likeness (QED) is 0.461. The minimum absolute atomic E-state index is 0.0971. The average Bonchev–Trinajstić information content (AvgIpc) is 3.11. The van der Waals surface area contributed by atoms with E-state index in [-0.39, 0.29) is 41.9 Å². The number of aromatic hydroxyl groups is 1. The Morgan fingerprint density at radius 1 is 1.03 bits per heavy atom. The van der Waals surface area contributed by atoms with Crippen molar-refractivity contribution in [1.29, 1.82) is 0 Å². The molecule has 0 atom stereocenters. The minimum atomic E-state index is -1.41. The molecule has 0 spiro atoms. The van der Waals surface area contributed by atoms with Gasteiger partial charge in [-0.25, -0.2) is 4.79 Å². The van der Waals surface area contributed by atoms with Gasteiger partial charge in [-0.3, -0.25) is 9.59 Å². The van der Waals surface area contributed by atoms with E-state index in [9.17, 15) is 24.6 Å². The standard InChI is InChI=1S/C29H37N3O6/c1-9-38-23-12-17-14-32(25(31-27(36)37)18(17)13-19(23)26(35)30-8)15-22(33)16-10-20(28(2,3)4)24(34)21(11-16)29(5,6)7/h10-13,34H,9,14-15H2,1-8H3,(H,30,35)(H,36,37)/b31-25-. The summed E-state index contributed by atoms with van der Waals surface area (Å²) < 4.78 is 5.66. The summed E-state index contributed by atoms with van der Waals surface area (Å²) in [5.41, 5.74) is 2.33. The van der Waals surface area contributed by atoms with Gasteiger partial charge in [0.25, 0.3) is 5.91 Å². The number of carbonyl (C=O) groups is 3. The van der Waals surface area contributed by atoms with Crippen LogP contribution < -0.4 is 10.1 Å². The van der Waals surface area contributed by atoms with Gasteiger partial charge in [0, 0.05) is 35.8 Å². The Labute approximate surface area is 223 Å². The Morgan fingerprint density at radius 2 is 1.61 bits per heavy atom. The van der Waals surface area contributed by atoms with E-state index in [1.807, 2.05) is 41.5 Å². The lowest BCUT2D eigenvalue weighted by molar-refractivity contribution is 0.0953. The van der Waals surface area contributed by atoms with Gasteiger partial charge in [0.15, 0.2) is 5.78 Å². The van der Waals surface area contributed by atoms with Crippen LogP contribution in [0.4, 0.5) is 4.79 Å². The maximum atomic E-state index is 13.6. The Hall–Kier alpha value is -3.88. The number of phenols is 1. The molecule has 0 aromatic heterocycles. The maximum absolute atomic E-state index is 13.6. The molecule has 0 bridgehead atoms. The first kappa shape index (κ1) is 28.7. The van der Waals surface area contributed by atoms with E-state index in [1.54, 1.807) is 36.1 Å². The number of aliphatic imine (C=N–C) groups is 1. The molecular weight excluding hydrogens is 486 g/mol. The number of carbonyl (C=O) groups excluding carboxylic acids is 2. The van der Waals surface area contributed by atoms with Crippen LogP contribution in [0.15, 0.2) is 29.3 Å². The average molecular weight is 524 g/mol. The van der Waals surface area contributed by atoms with E-state index < -0.39 is 16.9 Å². The largest absolute Gasteiger partial charge is 0.507 e. The van der Waals surface area contributed by atoms with Crippen LogP contribution in [0.1, 0.15) is 91.4 Å². The van der Waals surface area contributed by atoms with Crippen LogP contribution in [0.2, 0.25) is 0 Å². The monoisotopic (exact) mass is 523 g/mol. The molecule has 0 fully saturated rings. The molecular formula is C29H37N3O6. The first-order chi connectivity index (χ1) is 17.6. The van der Waals surface area contributed by atoms with Crippen LogP contribution >= 0.6 is 0 Å². The summed E-state index contributed by atoms with van der Waals surface area (Å²) in [7, 11) is 1.50. The Kier molecular flexibility index (Phi) is 7.91. The second-order valence-electron chi connectivity index (χ2n) is 11.4. The summed E-state index contributed by atoms with van der Waals surface area (Å²) in [6.07, 6.45) is -1.41. The number of hydrogen-bond donors (Lipinski definition) is 3. The number of ketones is 1. The van der Waals surface area contributed by atoms with E-state index in [0.717, 1.165) is 0 Å². The zero-order valence-corrected chi connectivity index (χ0v) is 23.4. The summed E-state index contributed by atoms with van der Waals surface area (Å²) >= 11 is 0. The molecule has 0 radical (unpaired) electrons. The fourth-order valence-corrected chi connectivity index (χ4v) is 4.55. The van der Waals surface area contributed by atoms with Crippen molar-refractivity contribution in [2.75, 3.05) is 20.2 Å². The molecule has 1 aliphatic heterocycles. The van der Waals surface area contributed by atoms with Gasteiger partial charge in [-0.2, -0.15) is 4.99 Å². The number of hydrogen-bond acceptors (Lipinski definition) is 5. The summed E-state index contributed by atoms with van der Waals surface area (Å²) in [4.78, 5) is 43.1. The van der Waals surface area contributed by atoms with Gasteiger partial charge in [0.2, 0.25) is 0 Å². The molecule has 3 rings (SSSR count). The number of ether oxygens (including phenoxy) is 1. The molecule has 2 amide bonds. The number of fused-ring (bicyclic) bond motifs is 1. The fraction of sp³-hybridized carbons (Fsp3) is 0.448. The lowest BCUT2D eigenvalue weighted by atomic mass is 9.78. The van der Waals surface area contributed by atoms with E-state index in [1.165, 1.54) is 7.05 Å². The van der Waals surface area contributed by atoms with Gasteiger partial charge in [0.05, 0.1) is 18.7 Å². The predicted octanol–water partition coefficient (Wildman–Crippen LogP) is 4.87. The van der Waals surface area contributed by atoms with Crippen molar-refractivity contribution in [2.45, 2.75) is 65.8 Å². The molecule has 1 aliphatic rings. The molecule has 0 aliphatic carbocycles. The van der Waals surface area contributed by atoms with E-state index in [0.29, 0.717) is 40.2 Å². The Morgan fingerprint density at radius 3 is 2.08 bits per heavy atom. The number of Topliss-reactive ketones (excluding diaryl/α,β-unsaturated/α-hetero) is 1. The van der Waals surface area contributed by atoms with Gasteiger partial charge in [-0.15, -0.1) is 0 Å². The second-order valence-corrected chi connectivity index (χ2v) is 11.4. The van der Waals surface area contributed by atoms with Gasteiger partial charge in [0.1, 0.15) is 17.3 Å². The number of benzene rings is 2. The molecule has 1 heterocycles. The zero-order chi connectivity index (χ0) is 28.6. The molecule has 0 unspecified atom stereocenters. The van der Waals surface area contributed by atoms with Crippen LogP contribution in [-0.2, 0) is 17.4 Å². The summed E-state index contributed by atoms with van der Waals surface area (Å²) in [6, 6.07) is 6.67. The highest BCUT2D eigenvalue weighted by molar-refractivity contribution is 6.11. The molecule has 204 valence electrons. The SMILES string of the molecule is CCOc1cc2c(cc1C(=O)NC)/C(=N/C(=O)O)N(CC(=O)c1cc(C(C)(C)C)c(O)c(C(C)(C)C)c1)C2. The first-order valence-electron chi connectivity index (χ1n) is 12.6. The van der Waals surface area contributed by atoms with Gasteiger partial charge >= 0.3 is 6.09 Å². The molecule has 2 aromatic carbocycles. The summed E-state index contributed by atoms with van der Waals surface area (Å²) in [6.45, 7) is 14.0. The predicted molar refractivity (Wildman–Crippen MR) is 146 cm³/mol. The van der Waals surface area contributed by atoms with Gasteiger partial charge < -0.3 is 25.2 Å². The van der Waals surface area contributed by atoms with E-state index in [4.69, 9.17) is 4.74 Å². The van der Waals surface area contributed by atoms with Crippen molar-refractivity contribution in [3.05, 3.63) is 57.6 Å². The van der Waals surface area contributed by atoms with Crippen LogP contribution in [0.5, 0.6) is 11.5 Å². The van der Waals surface area contributed by atoms with Crippen molar-refractivity contribution < 1.29 is 29.3 Å². The molecule has 0 saturated heterocycles. The molecule has 3 N–H and O–H groups in total. The van der Waals surface area contributed by atoms with Crippen LogP contribution in [0.25, 0.3) is 0 Å². The third-order valence-corrected chi connectivity index (χ3v) is 6.46. The topological polar surface area (TPSA) is 129 Å². The summed E-state index contributed by atoms with van der Waals surface area (Å²) in [5.74, 6) is 0.0161. The number of phenolic OH excluding ortho intramolecular Hbond substituents is 1. The molecule has 2 aromatic rings. The Balaban J connectivity index is 2.08. The lowest BCUT2D eigenvalue weighted by Crippen LogP contribution is -2.32. The third kappa shape index (κ3) is 5.82. The normalized spacial score (nSPS) is 14.4. The van der Waals surface area contributed by atoms with Gasteiger partial charge in [-0.1, -0.05) is 41.5 Å². The molecule has 38 heavy (non-hydrogen) atoms. The number of rotatable bonds is 6. The molecule has 0 saturated carbocycles. The van der Waals surface area contributed by atoms with Crippen LogP contribution in [0, 0.1) is 0 Å². The van der Waals surface area contributed by atoms with Crippen molar-refractivity contribution in [2.24, 2.45) is 4.99 Å². The maximum Gasteiger partial charge on any atom is 0.433 e. The molecule has 9 heteroatoms. The Bertz CT molecular complexity index is 1280. The van der Waals surface area contributed by atoms with Crippen molar-refractivity contribution in [3.63, 3.8) is 0 Å². The molecule has 9 nitrogen and oxygen atoms in total. The van der Waals surface area contributed by atoms with Gasteiger partial charge in [-0.05, 0) is 47.6 Å². The number of amidine groups is 1. The van der Waals surface area contributed by atoms with Crippen molar-refractivity contribution in [3.8, 4) is 11.5 Å². The highest BCUT2D eigenvalue weighted by atomic mass is 16.5. The minimum Gasteiger partial charge on any atom is -0.507 e. The zero-order valence-electron chi connectivity index (χ0n) is 23.4. The fourth-order valence-electron chi connectivity index (χ4n) is 4.55. The number of nitrogens with zero attached hydrogens (tertiary/aromatic N) is 2. The third-order valence-electron chi connectivity index (χ3n) is 6.46. The van der Waals surface area contributed by atoms with E-state index >= 15 is 0 Å². The number of carboxylic acid groups (broad SMARTS) is 1. The highest BCUT2D eigenvalue weighted by Crippen LogP contribution is 2.40. The number of nitrogens with one attached hydrogen (secondary N) is 1. The second kappa shape index (κ2) is 10.5.